The smallest absolute Gasteiger partial charge is 0.239 e. The number of piperidine rings is 1. The molecule has 2 heterocycles. The molecule has 1 amide bonds. The quantitative estimate of drug-likeness (QED) is 0.867. The van der Waals surface area contributed by atoms with E-state index in [0.29, 0.717) is 0 Å². The zero-order valence-corrected chi connectivity index (χ0v) is 11.9. The summed E-state index contributed by atoms with van der Waals surface area (Å²) in [6.45, 7) is 7.58. The number of aromatic nitrogens is 2. The maximum Gasteiger partial charge on any atom is 0.239 e. The van der Waals surface area contributed by atoms with Gasteiger partial charge in [0.25, 0.3) is 0 Å². The standard InChI is InChI=1S/C14H24N4O/c1-12-4-9-17(10-5-12)14(19)13(2)15-7-11-18-8-3-6-16-18/h3,6,8,12-13,15H,4-5,7,9-11H2,1-2H3. The predicted molar refractivity (Wildman–Crippen MR) is 74.7 cm³/mol. The number of amides is 1. The monoisotopic (exact) mass is 264 g/mol. The third-order valence-electron chi connectivity index (χ3n) is 3.82. The van der Waals surface area contributed by atoms with Crippen molar-refractivity contribution in [2.45, 2.75) is 39.3 Å². The van der Waals surface area contributed by atoms with Crippen LogP contribution >= 0.6 is 0 Å². The molecule has 1 aromatic heterocycles. The molecule has 0 aromatic carbocycles. The van der Waals surface area contributed by atoms with Gasteiger partial charge in [-0.2, -0.15) is 5.10 Å². The molecule has 1 aromatic rings. The zero-order chi connectivity index (χ0) is 13.7. The molecule has 0 radical (unpaired) electrons. The fourth-order valence-electron chi connectivity index (χ4n) is 2.42. The van der Waals surface area contributed by atoms with Gasteiger partial charge in [-0.15, -0.1) is 0 Å². The molecule has 1 N–H and O–H groups in total. The Labute approximate surface area is 115 Å². The third-order valence-corrected chi connectivity index (χ3v) is 3.82. The lowest BCUT2D eigenvalue weighted by molar-refractivity contribution is -0.134. The molecule has 1 unspecified atom stereocenters. The second-order valence-corrected chi connectivity index (χ2v) is 5.45. The van der Waals surface area contributed by atoms with Crippen LogP contribution in [0.5, 0.6) is 0 Å². The molecule has 5 nitrogen and oxygen atoms in total. The molecule has 1 atom stereocenters. The van der Waals surface area contributed by atoms with Gasteiger partial charge in [0.15, 0.2) is 0 Å². The van der Waals surface area contributed by atoms with Gasteiger partial charge in [0.1, 0.15) is 0 Å². The predicted octanol–water partition coefficient (Wildman–Crippen LogP) is 1.12. The van der Waals surface area contributed by atoms with Crippen LogP contribution in [-0.4, -0.2) is 46.3 Å². The van der Waals surface area contributed by atoms with Crippen molar-refractivity contribution in [2.24, 2.45) is 5.92 Å². The Kier molecular flexibility index (Phi) is 4.96. The van der Waals surface area contributed by atoms with E-state index in [1.807, 2.05) is 28.8 Å². The van der Waals surface area contributed by atoms with E-state index in [0.717, 1.165) is 44.9 Å². The maximum absolute atomic E-state index is 12.2. The highest BCUT2D eigenvalue weighted by molar-refractivity contribution is 5.81. The highest BCUT2D eigenvalue weighted by atomic mass is 16.2. The first kappa shape index (κ1) is 14.1. The number of carbonyl (C=O) groups is 1. The fourth-order valence-corrected chi connectivity index (χ4v) is 2.42. The Morgan fingerprint density at radius 2 is 2.21 bits per heavy atom. The molecule has 0 bridgehead atoms. The van der Waals surface area contributed by atoms with Gasteiger partial charge >= 0.3 is 0 Å². The molecule has 1 saturated heterocycles. The number of hydrogen-bond donors (Lipinski definition) is 1. The molecule has 19 heavy (non-hydrogen) atoms. The van der Waals surface area contributed by atoms with Crippen LogP contribution in [0.2, 0.25) is 0 Å². The van der Waals surface area contributed by atoms with E-state index < -0.39 is 0 Å². The number of nitrogens with one attached hydrogen (secondary N) is 1. The minimum absolute atomic E-state index is 0.107. The second-order valence-electron chi connectivity index (χ2n) is 5.45. The summed E-state index contributed by atoms with van der Waals surface area (Å²) in [5, 5.41) is 7.41. The average molecular weight is 264 g/mol. The van der Waals surface area contributed by atoms with Gasteiger partial charge in [-0.3, -0.25) is 9.48 Å². The largest absolute Gasteiger partial charge is 0.341 e. The summed E-state index contributed by atoms with van der Waals surface area (Å²) in [6.07, 6.45) is 5.96. The lowest BCUT2D eigenvalue weighted by Gasteiger charge is -2.32. The van der Waals surface area contributed by atoms with E-state index >= 15 is 0 Å². The fraction of sp³-hybridized carbons (Fsp3) is 0.714. The van der Waals surface area contributed by atoms with Crippen molar-refractivity contribution < 1.29 is 4.79 Å². The summed E-state index contributed by atoms with van der Waals surface area (Å²) < 4.78 is 1.87. The van der Waals surface area contributed by atoms with Gasteiger partial charge in [-0.05, 0) is 31.7 Å². The lowest BCUT2D eigenvalue weighted by Crippen LogP contribution is -2.48. The van der Waals surface area contributed by atoms with E-state index in [2.05, 4.69) is 17.3 Å². The highest BCUT2D eigenvalue weighted by Crippen LogP contribution is 2.16. The van der Waals surface area contributed by atoms with E-state index in [9.17, 15) is 4.79 Å². The summed E-state index contributed by atoms with van der Waals surface area (Å²) in [6, 6.07) is 1.80. The molecule has 5 heteroatoms. The van der Waals surface area contributed by atoms with Gasteiger partial charge in [-0.1, -0.05) is 6.92 Å². The molecular formula is C14H24N4O. The zero-order valence-electron chi connectivity index (χ0n) is 11.9. The van der Waals surface area contributed by atoms with E-state index in [1.54, 1.807) is 6.20 Å². The Hall–Kier alpha value is -1.36. The molecule has 0 saturated carbocycles. The highest BCUT2D eigenvalue weighted by Gasteiger charge is 2.23. The number of nitrogens with zero attached hydrogens (tertiary/aromatic N) is 3. The van der Waals surface area contributed by atoms with E-state index in [1.165, 1.54) is 0 Å². The summed E-state index contributed by atoms with van der Waals surface area (Å²) in [4.78, 5) is 14.2. The van der Waals surface area contributed by atoms with Crippen LogP contribution in [0.4, 0.5) is 0 Å². The van der Waals surface area contributed by atoms with Crippen LogP contribution in [0.3, 0.4) is 0 Å². The van der Waals surface area contributed by atoms with Crippen LogP contribution < -0.4 is 5.32 Å². The molecule has 0 spiro atoms. The van der Waals surface area contributed by atoms with Crippen LogP contribution in [0.15, 0.2) is 18.5 Å². The van der Waals surface area contributed by atoms with Crippen molar-refractivity contribution >= 4 is 5.91 Å². The van der Waals surface area contributed by atoms with E-state index in [4.69, 9.17) is 0 Å². The van der Waals surface area contributed by atoms with Crippen molar-refractivity contribution in [3.05, 3.63) is 18.5 Å². The van der Waals surface area contributed by atoms with E-state index in [-0.39, 0.29) is 11.9 Å². The third kappa shape index (κ3) is 4.06. The van der Waals surface area contributed by atoms with Gasteiger partial charge < -0.3 is 10.2 Å². The number of carbonyl (C=O) groups excluding carboxylic acids is 1. The topological polar surface area (TPSA) is 50.2 Å². The van der Waals surface area contributed by atoms with Crippen molar-refractivity contribution in [2.75, 3.05) is 19.6 Å². The molecule has 106 valence electrons. The average Bonchev–Trinajstić information content (AvgIpc) is 2.92. The molecule has 0 aliphatic carbocycles. The van der Waals surface area contributed by atoms with Gasteiger partial charge in [-0.25, -0.2) is 0 Å². The molecule has 1 aliphatic heterocycles. The number of likely N-dealkylation sites (tertiary alicyclic amines) is 1. The summed E-state index contributed by atoms with van der Waals surface area (Å²) in [5.74, 6) is 0.986. The maximum atomic E-state index is 12.2. The lowest BCUT2D eigenvalue weighted by atomic mass is 9.99. The van der Waals surface area contributed by atoms with Crippen LogP contribution in [0.25, 0.3) is 0 Å². The van der Waals surface area contributed by atoms with Crippen molar-refractivity contribution in [3.63, 3.8) is 0 Å². The van der Waals surface area contributed by atoms with Gasteiger partial charge in [0, 0.05) is 32.0 Å². The Bertz CT molecular complexity index is 382. The Morgan fingerprint density at radius 3 is 2.84 bits per heavy atom. The normalized spacial score (nSPS) is 18.5. The Morgan fingerprint density at radius 1 is 1.47 bits per heavy atom. The summed E-state index contributed by atoms with van der Waals surface area (Å²) in [5.41, 5.74) is 0. The minimum Gasteiger partial charge on any atom is -0.341 e. The summed E-state index contributed by atoms with van der Waals surface area (Å²) in [7, 11) is 0. The first-order chi connectivity index (χ1) is 9.16. The van der Waals surface area contributed by atoms with Crippen molar-refractivity contribution in [3.8, 4) is 0 Å². The SMILES string of the molecule is CC1CCN(C(=O)C(C)NCCn2cccn2)CC1. The first-order valence-electron chi connectivity index (χ1n) is 7.16. The second kappa shape index (κ2) is 6.70. The minimum atomic E-state index is -0.107. The van der Waals surface area contributed by atoms with Crippen LogP contribution in [0, 0.1) is 5.92 Å². The molecular weight excluding hydrogens is 240 g/mol. The Balaban J connectivity index is 1.70. The van der Waals surface area contributed by atoms with Crippen molar-refractivity contribution in [1.82, 2.24) is 20.0 Å². The molecule has 1 fully saturated rings. The molecule has 2 rings (SSSR count). The number of rotatable bonds is 5. The summed E-state index contributed by atoms with van der Waals surface area (Å²) >= 11 is 0. The van der Waals surface area contributed by atoms with Crippen LogP contribution in [-0.2, 0) is 11.3 Å². The van der Waals surface area contributed by atoms with Gasteiger partial charge in [0.2, 0.25) is 5.91 Å². The first-order valence-corrected chi connectivity index (χ1v) is 7.16. The van der Waals surface area contributed by atoms with Crippen molar-refractivity contribution in [1.29, 1.82) is 0 Å². The molecule has 1 aliphatic rings. The number of hydrogen-bond acceptors (Lipinski definition) is 3. The van der Waals surface area contributed by atoms with Gasteiger partial charge in [0.05, 0.1) is 12.6 Å². The van der Waals surface area contributed by atoms with Crippen LogP contribution in [0.1, 0.15) is 26.7 Å².